The fourth-order valence-electron chi connectivity index (χ4n) is 6.52. The molecule has 0 aliphatic rings. The predicted octanol–water partition coefficient (Wildman–Crippen LogP) is 10.6. The molecule has 0 atom stereocenters. The number of fused-ring (bicyclic) bond motifs is 2. The zero-order valence-electron chi connectivity index (χ0n) is 28.8. The van der Waals surface area contributed by atoms with Crippen molar-refractivity contribution < 1.29 is 26.8 Å². The Kier molecular flexibility index (Phi) is 11.3. The minimum Gasteiger partial charge on any atom is -0.358 e. The van der Waals surface area contributed by atoms with Crippen molar-refractivity contribution in [3.05, 3.63) is 171 Å². The monoisotopic (exact) mass is 770 g/mol. The number of nitrogens with zero attached hydrogens (tertiary/aromatic N) is 1. The van der Waals surface area contributed by atoms with Crippen molar-refractivity contribution in [1.29, 1.82) is 0 Å². The number of aromatic nitrogens is 2. The summed E-state index contributed by atoms with van der Waals surface area (Å²) in [5.74, 6) is -0.817. The molecule has 0 bridgehead atoms. The summed E-state index contributed by atoms with van der Waals surface area (Å²) in [6.07, 6.45) is 2.14. The molecule has 2 aromatic heterocycles. The molecule has 1 N–H and O–H groups in total. The molecule has 0 aliphatic heterocycles. The zero-order chi connectivity index (χ0) is 37.9. The molecular formula is C42H34Cl2F2N2O4S. The highest BCUT2D eigenvalue weighted by atomic mass is 35.5. The van der Waals surface area contributed by atoms with E-state index in [-0.39, 0.29) is 34.5 Å². The number of carbonyl (C=O) groups excluding carboxylic acids is 2. The van der Waals surface area contributed by atoms with Crippen LogP contribution in [0.15, 0.2) is 120 Å². The van der Waals surface area contributed by atoms with Gasteiger partial charge >= 0.3 is 0 Å². The Balaban J connectivity index is 0.000000192. The molecule has 0 saturated carbocycles. The fraction of sp³-hybridized carbons (Fsp3) is 0.143. The first kappa shape index (κ1) is 37.7. The van der Waals surface area contributed by atoms with Crippen LogP contribution in [0, 0.1) is 11.6 Å². The molecule has 2 heterocycles. The Bertz CT molecular complexity index is 2570. The number of aromatic amines is 1. The average Bonchev–Trinajstić information content (AvgIpc) is 3.67. The van der Waals surface area contributed by atoms with Gasteiger partial charge in [0, 0.05) is 48.8 Å². The number of benzene rings is 5. The van der Waals surface area contributed by atoms with Crippen molar-refractivity contribution in [2.75, 3.05) is 0 Å². The topological polar surface area (TPSA) is 89.0 Å². The molecule has 11 heteroatoms. The summed E-state index contributed by atoms with van der Waals surface area (Å²) in [5, 5.41) is 2.37. The predicted molar refractivity (Wildman–Crippen MR) is 207 cm³/mol. The second-order valence-electron chi connectivity index (χ2n) is 12.6. The number of nitrogens with one attached hydrogen (secondary N) is 1. The summed E-state index contributed by atoms with van der Waals surface area (Å²) in [4.78, 5) is 28.0. The standard InChI is InChI=1S/C24H19ClFNO3S.C18H15ClFNO/c1-16(28)24-21-15-18(25)10-14-22(21)27(31(29,30)20-5-3-2-4-6-20)23(24)13-9-17-7-11-19(26)12-8-17;1-11(22)18-15-10-13(19)5-9-16(15)21-17(18)8-4-12-2-6-14(20)7-3-12/h2-8,10-12,14-15H,9,13H2,1H3;2-3,5-7,9-10,21H,4,8H2,1H3. The van der Waals surface area contributed by atoms with Gasteiger partial charge in [0.15, 0.2) is 11.6 Å². The van der Waals surface area contributed by atoms with Gasteiger partial charge < -0.3 is 4.98 Å². The molecule has 0 radical (unpaired) electrons. The van der Waals surface area contributed by atoms with Crippen molar-refractivity contribution in [3.8, 4) is 0 Å². The number of hydrogen-bond donors (Lipinski definition) is 1. The smallest absolute Gasteiger partial charge is 0.268 e. The van der Waals surface area contributed by atoms with E-state index < -0.39 is 10.0 Å². The number of Topliss-reactive ketones (excluding diaryl/α,β-unsaturated/α-hetero) is 2. The van der Waals surface area contributed by atoms with E-state index in [0.717, 1.165) is 34.1 Å². The van der Waals surface area contributed by atoms with Crippen LogP contribution in [0.5, 0.6) is 0 Å². The van der Waals surface area contributed by atoms with Crippen LogP contribution < -0.4 is 0 Å². The quantitative estimate of drug-likeness (QED) is 0.140. The lowest BCUT2D eigenvalue weighted by molar-refractivity contribution is 0.101. The number of H-pyrrole nitrogens is 1. The first-order valence-electron chi connectivity index (χ1n) is 16.8. The first-order chi connectivity index (χ1) is 25.3. The van der Waals surface area contributed by atoms with E-state index in [9.17, 15) is 26.8 Å². The summed E-state index contributed by atoms with van der Waals surface area (Å²) in [6, 6.07) is 30.9. The number of halogens is 4. The lowest BCUT2D eigenvalue weighted by Gasteiger charge is -2.13. The largest absolute Gasteiger partial charge is 0.358 e. The third-order valence-electron chi connectivity index (χ3n) is 8.94. The van der Waals surface area contributed by atoms with Gasteiger partial charge in [-0.05, 0) is 123 Å². The highest BCUT2D eigenvalue weighted by Gasteiger charge is 2.28. The fourth-order valence-corrected chi connectivity index (χ4v) is 8.47. The maximum Gasteiger partial charge on any atom is 0.268 e. The lowest BCUT2D eigenvalue weighted by atomic mass is 10.0. The van der Waals surface area contributed by atoms with Crippen LogP contribution in [0.2, 0.25) is 10.0 Å². The maximum absolute atomic E-state index is 13.6. The molecular weight excluding hydrogens is 737 g/mol. The average molecular weight is 772 g/mol. The van der Waals surface area contributed by atoms with E-state index in [4.69, 9.17) is 23.2 Å². The molecule has 7 rings (SSSR count). The van der Waals surface area contributed by atoms with Crippen LogP contribution in [0.4, 0.5) is 8.78 Å². The summed E-state index contributed by atoms with van der Waals surface area (Å²) in [7, 11) is -3.97. The van der Waals surface area contributed by atoms with Crippen molar-refractivity contribution in [2.24, 2.45) is 0 Å². The van der Waals surface area contributed by atoms with Crippen LogP contribution in [-0.2, 0) is 35.7 Å². The number of rotatable bonds is 10. The van der Waals surface area contributed by atoms with Crippen LogP contribution in [0.25, 0.3) is 21.8 Å². The van der Waals surface area contributed by atoms with E-state index in [0.29, 0.717) is 50.6 Å². The second kappa shape index (κ2) is 15.9. The number of ketones is 2. The van der Waals surface area contributed by atoms with E-state index in [1.54, 1.807) is 73.7 Å². The molecule has 5 aromatic carbocycles. The normalized spacial score (nSPS) is 11.4. The third kappa shape index (κ3) is 8.28. The minimum absolute atomic E-state index is 0.0163. The van der Waals surface area contributed by atoms with Crippen molar-refractivity contribution >= 4 is 66.6 Å². The van der Waals surface area contributed by atoms with E-state index >= 15 is 0 Å². The molecule has 53 heavy (non-hydrogen) atoms. The summed E-state index contributed by atoms with van der Waals surface area (Å²) in [6.45, 7) is 2.97. The van der Waals surface area contributed by atoms with Gasteiger partial charge in [0.05, 0.1) is 10.4 Å². The molecule has 0 aliphatic carbocycles. The van der Waals surface area contributed by atoms with Gasteiger partial charge in [-0.25, -0.2) is 21.2 Å². The molecule has 0 fully saturated rings. The summed E-state index contributed by atoms with van der Waals surface area (Å²) in [5.41, 5.74) is 5.48. The summed E-state index contributed by atoms with van der Waals surface area (Å²) >= 11 is 12.2. The zero-order valence-corrected chi connectivity index (χ0v) is 31.1. The van der Waals surface area contributed by atoms with Gasteiger partial charge in [-0.3, -0.25) is 9.59 Å². The Hall–Kier alpha value is -5.09. The van der Waals surface area contributed by atoms with Gasteiger partial charge in [0.1, 0.15) is 11.6 Å². The SMILES string of the molecule is CC(=O)c1c(CCc2ccc(F)cc2)[nH]c2ccc(Cl)cc12.CC(=O)c1c(CCc2ccc(F)cc2)n(S(=O)(=O)c2ccccc2)c2ccc(Cl)cc12. The Labute approximate surface area is 316 Å². The lowest BCUT2D eigenvalue weighted by Crippen LogP contribution is -2.17. The van der Waals surface area contributed by atoms with Crippen molar-refractivity contribution in [1.82, 2.24) is 8.96 Å². The van der Waals surface area contributed by atoms with Crippen LogP contribution in [0.3, 0.4) is 0 Å². The molecule has 270 valence electrons. The van der Waals surface area contributed by atoms with Crippen molar-refractivity contribution in [2.45, 2.75) is 44.4 Å². The first-order valence-corrected chi connectivity index (χ1v) is 19.0. The Morgan fingerprint density at radius 3 is 1.74 bits per heavy atom. The molecule has 0 amide bonds. The molecule has 0 unspecified atom stereocenters. The highest BCUT2D eigenvalue weighted by Crippen LogP contribution is 2.34. The number of carbonyl (C=O) groups is 2. The third-order valence-corrected chi connectivity index (χ3v) is 11.2. The highest BCUT2D eigenvalue weighted by molar-refractivity contribution is 7.90. The Morgan fingerprint density at radius 2 is 1.17 bits per heavy atom. The van der Waals surface area contributed by atoms with Gasteiger partial charge in [-0.15, -0.1) is 0 Å². The molecule has 6 nitrogen and oxygen atoms in total. The van der Waals surface area contributed by atoms with Gasteiger partial charge in [-0.2, -0.15) is 0 Å². The van der Waals surface area contributed by atoms with E-state index in [2.05, 4.69) is 4.98 Å². The Morgan fingerprint density at radius 1 is 0.642 bits per heavy atom. The number of hydrogen-bond acceptors (Lipinski definition) is 4. The van der Waals surface area contributed by atoms with Crippen LogP contribution in [-0.4, -0.2) is 28.9 Å². The molecule has 0 saturated heterocycles. The van der Waals surface area contributed by atoms with Crippen molar-refractivity contribution in [3.63, 3.8) is 0 Å². The van der Waals surface area contributed by atoms with Gasteiger partial charge in [0.25, 0.3) is 10.0 Å². The number of aryl methyl sites for hydroxylation is 3. The minimum atomic E-state index is -3.97. The maximum atomic E-state index is 13.6. The van der Waals surface area contributed by atoms with E-state index in [1.807, 2.05) is 12.1 Å². The second-order valence-corrected chi connectivity index (χ2v) is 15.3. The summed E-state index contributed by atoms with van der Waals surface area (Å²) < 4.78 is 54.7. The molecule has 0 spiro atoms. The van der Waals surface area contributed by atoms with Crippen LogP contribution in [0.1, 0.15) is 57.1 Å². The van der Waals surface area contributed by atoms with E-state index in [1.165, 1.54) is 47.3 Å². The van der Waals surface area contributed by atoms with Gasteiger partial charge in [0.2, 0.25) is 0 Å². The van der Waals surface area contributed by atoms with Crippen LogP contribution >= 0.6 is 23.2 Å². The van der Waals surface area contributed by atoms with Gasteiger partial charge in [-0.1, -0.05) is 65.7 Å². The molecule has 7 aromatic rings.